The summed E-state index contributed by atoms with van der Waals surface area (Å²) in [6.45, 7) is 0. The highest BCUT2D eigenvalue weighted by atomic mass is 127. The SMILES string of the molecule is Nc1c(I)c(N)c(C(=O)O)c(I)c1C(=O)O. The van der Waals surface area contributed by atoms with E-state index in [1.165, 1.54) is 0 Å². The first-order chi connectivity index (χ1) is 7.29. The Morgan fingerprint density at radius 3 is 1.44 bits per heavy atom. The Kier molecular flexibility index (Phi) is 3.83. The molecule has 0 saturated heterocycles. The molecular weight excluding hydrogens is 442 g/mol. The molecule has 0 fully saturated rings. The topological polar surface area (TPSA) is 127 Å². The lowest BCUT2D eigenvalue weighted by Crippen LogP contribution is -2.15. The predicted molar refractivity (Wildman–Crippen MR) is 74.6 cm³/mol. The maximum atomic E-state index is 11.0. The lowest BCUT2D eigenvalue weighted by atomic mass is 10.1. The van der Waals surface area contributed by atoms with E-state index in [1.807, 2.05) is 0 Å². The molecule has 0 unspecified atom stereocenters. The van der Waals surface area contributed by atoms with Gasteiger partial charge in [0.1, 0.15) is 0 Å². The average molecular weight is 448 g/mol. The number of carboxylic acid groups (broad SMARTS) is 2. The fourth-order valence-electron chi connectivity index (χ4n) is 1.14. The zero-order chi connectivity index (χ0) is 12.6. The van der Waals surface area contributed by atoms with Gasteiger partial charge < -0.3 is 21.7 Å². The molecule has 8 heteroatoms. The fraction of sp³-hybridized carbons (Fsp3) is 0. The van der Waals surface area contributed by atoms with E-state index in [2.05, 4.69) is 0 Å². The Hall–Kier alpha value is -0.780. The first-order valence-electron chi connectivity index (χ1n) is 3.81. The molecule has 1 rings (SSSR count). The second-order valence-electron chi connectivity index (χ2n) is 2.82. The van der Waals surface area contributed by atoms with Crippen molar-refractivity contribution in [2.45, 2.75) is 0 Å². The highest BCUT2D eigenvalue weighted by Crippen LogP contribution is 2.34. The van der Waals surface area contributed by atoms with Gasteiger partial charge in [-0.2, -0.15) is 0 Å². The summed E-state index contributed by atoms with van der Waals surface area (Å²) < 4.78 is 0.279. The highest BCUT2D eigenvalue weighted by Gasteiger charge is 2.25. The summed E-state index contributed by atoms with van der Waals surface area (Å²) in [6.07, 6.45) is 0. The van der Waals surface area contributed by atoms with E-state index in [0.29, 0.717) is 0 Å². The lowest BCUT2D eigenvalue weighted by Gasteiger charge is -2.12. The van der Waals surface area contributed by atoms with E-state index in [-0.39, 0.29) is 29.6 Å². The molecule has 0 amide bonds. The number of nitrogens with two attached hydrogens (primary N) is 2. The first-order valence-corrected chi connectivity index (χ1v) is 5.97. The minimum Gasteiger partial charge on any atom is -0.478 e. The largest absolute Gasteiger partial charge is 0.478 e. The summed E-state index contributed by atoms with van der Waals surface area (Å²) in [5.74, 6) is -2.55. The number of carbonyl (C=O) groups is 2. The summed E-state index contributed by atoms with van der Waals surface area (Å²) in [5.41, 5.74) is 10.7. The molecule has 0 saturated carbocycles. The standard InChI is InChI=1S/C8H6I2N2O4/c9-3-1(7(13)14)5(11)4(10)6(12)2(3)8(15)16/h11-12H2,(H,13,14)(H,15,16). The quantitative estimate of drug-likeness (QED) is 0.401. The van der Waals surface area contributed by atoms with Gasteiger partial charge in [-0.1, -0.05) is 0 Å². The molecule has 0 atom stereocenters. The van der Waals surface area contributed by atoms with Crippen LogP contribution in [0.1, 0.15) is 20.7 Å². The van der Waals surface area contributed by atoms with Crippen LogP contribution in [0, 0.1) is 7.14 Å². The Morgan fingerprint density at radius 2 is 1.19 bits per heavy atom. The van der Waals surface area contributed by atoms with E-state index in [1.54, 1.807) is 45.2 Å². The van der Waals surface area contributed by atoms with Crippen LogP contribution >= 0.6 is 45.2 Å². The number of aromatic carboxylic acids is 2. The maximum absolute atomic E-state index is 11.0. The van der Waals surface area contributed by atoms with Crippen molar-refractivity contribution < 1.29 is 19.8 Å². The van der Waals surface area contributed by atoms with Crippen molar-refractivity contribution in [3.63, 3.8) is 0 Å². The van der Waals surface area contributed by atoms with E-state index in [0.717, 1.165) is 0 Å². The van der Waals surface area contributed by atoms with Gasteiger partial charge in [-0.3, -0.25) is 0 Å². The molecule has 16 heavy (non-hydrogen) atoms. The van der Waals surface area contributed by atoms with Gasteiger partial charge >= 0.3 is 11.9 Å². The molecule has 0 radical (unpaired) electrons. The van der Waals surface area contributed by atoms with Crippen LogP contribution in [0.5, 0.6) is 0 Å². The van der Waals surface area contributed by atoms with Crippen LogP contribution in [0.25, 0.3) is 0 Å². The van der Waals surface area contributed by atoms with Crippen LogP contribution in [-0.2, 0) is 0 Å². The molecule has 1 aromatic rings. The van der Waals surface area contributed by atoms with Gasteiger partial charge in [0.2, 0.25) is 0 Å². The maximum Gasteiger partial charge on any atom is 0.338 e. The highest BCUT2D eigenvalue weighted by molar-refractivity contribution is 14.1. The molecule has 0 aromatic heterocycles. The third kappa shape index (κ3) is 2.03. The van der Waals surface area contributed by atoms with Gasteiger partial charge in [-0.15, -0.1) is 0 Å². The van der Waals surface area contributed by atoms with Crippen molar-refractivity contribution in [1.82, 2.24) is 0 Å². The smallest absolute Gasteiger partial charge is 0.338 e. The van der Waals surface area contributed by atoms with Crippen molar-refractivity contribution in [2.75, 3.05) is 11.5 Å². The summed E-state index contributed by atoms with van der Waals surface area (Å²) in [4.78, 5) is 21.9. The normalized spacial score (nSPS) is 10.1. The zero-order valence-corrected chi connectivity index (χ0v) is 11.9. The van der Waals surface area contributed by atoms with Gasteiger partial charge in [-0.05, 0) is 45.2 Å². The molecule has 0 aliphatic carbocycles. The Labute approximate surface area is 117 Å². The van der Waals surface area contributed by atoms with Crippen LogP contribution in [0.3, 0.4) is 0 Å². The minimum absolute atomic E-state index is 0.0139. The zero-order valence-electron chi connectivity index (χ0n) is 7.62. The van der Waals surface area contributed by atoms with Crippen LogP contribution in [-0.4, -0.2) is 22.2 Å². The summed E-state index contributed by atoms with van der Waals surface area (Å²) in [5, 5.41) is 17.9. The van der Waals surface area contributed by atoms with Crippen molar-refractivity contribution in [2.24, 2.45) is 0 Å². The number of hydrogen-bond acceptors (Lipinski definition) is 4. The molecule has 1 aromatic carbocycles. The molecule has 6 N–H and O–H groups in total. The van der Waals surface area contributed by atoms with E-state index >= 15 is 0 Å². The van der Waals surface area contributed by atoms with Gasteiger partial charge in [0, 0.05) is 3.57 Å². The Bertz CT molecular complexity index is 460. The summed E-state index contributed by atoms with van der Waals surface area (Å²) in [7, 11) is 0. The Balaban J connectivity index is 3.80. The van der Waals surface area contributed by atoms with Gasteiger partial charge in [-0.25, -0.2) is 9.59 Å². The Morgan fingerprint density at radius 1 is 0.875 bits per heavy atom. The summed E-state index contributed by atoms with van der Waals surface area (Å²) >= 11 is 3.34. The molecular formula is C8H6I2N2O4. The number of nitrogen functional groups attached to an aromatic ring is 2. The number of halogens is 2. The molecule has 0 aliphatic rings. The molecule has 0 heterocycles. The lowest BCUT2D eigenvalue weighted by molar-refractivity contribution is 0.0696. The van der Waals surface area contributed by atoms with E-state index in [4.69, 9.17) is 21.7 Å². The van der Waals surface area contributed by atoms with Gasteiger partial charge in [0.15, 0.2) is 0 Å². The van der Waals surface area contributed by atoms with Crippen LogP contribution in [0.2, 0.25) is 0 Å². The van der Waals surface area contributed by atoms with E-state index < -0.39 is 11.9 Å². The van der Waals surface area contributed by atoms with Crippen molar-refractivity contribution in [3.8, 4) is 0 Å². The van der Waals surface area contributed by atoms with Gasteiger partial charge in [0.05, 0.1) is 26.1 Å². The third-order valence-electron chi connectivity index (χ3n) is 1.88. The second kappa shape index (κ2) is 4.61. The average Bonchev–Trinajstić information content (AvgIpc) is 2.13. The van der Waals surface area contributed by atoms with Crippen molar-refractivity contribution >= 4 is 68.5 Å². The van der Waals surface area contributed by atoms with Crippen LogP contribution in [0.4, 0.5) is 11.4 Å². The monoisotopic (exact) mass is 448 g/mol. The third-order valence-corrected chi connectivity index (χ3v) is 4.12. The molecule has 86 valence electrons. The van der Waals surface area contributed by atoms with Gasteiger partial charge in [0.25, 0.3) is 0 Å². The molecule has 0 spiro atoms. The number of anilines is 2. The van der Waals surface area contributed by atoms with E-state index in [9.17, 15) is 9.59 Å². The van der Waals surface area contributed by atoms with Crippen molar-refractivity contribution in [3.05, 3.63) is 18.3 Å². The number of hydrogen-bond donors (Lipinski definition) is 4. The molecule has 6 nitrogen and oxygen atoms in total. The molecule has 0 aliphatic heterocycles. The predicted octanol–water partition coefficient (Wildman–Crippen LogP) is 1.46. The van der Waals surface area contributed by atoms with Crippen LogP contribution in [0.15, 0.2) is 0 Å². The van der Waals surface area contributed by atoms with Crippen LogP contribution < -0.4 is 11.5 Å². The fourth-order valence-corrected chi connectivity index (χ4v) is 2.73. The second-order valence-corrected chi connectivity index (χ2v) is 4.97. The number of benzene rings is 1. The number of rotatable bonds is 2. The first kappa shape index (κ1) is 13.3. The number of carboxylic acids is 2. The molecule has 0 bridgehead atoms. The van der Waals surface area contributed by atoms with Crippen molar-refractivity contribution in [1.29, 1.82) is 0 Å². The summed E-state index contributed by atoms with van der Waals surface area (Å²) in [6, 6.07) is 0. The minimum atomic E-state index is -1.28.